The van der Waals surface area contributed by atoms with E-state index in [1.807, 2.05) is 11.5 Å². The Morgan fingerprint density at radius 1 is 1.36 bits per heavy atom. The third-order valence-corrected chi connectivity index (χ3v) is 6.77. The average molecular weight is 368 g/mol. The number of aliphatic carboxylic acids is 1. The lowest BCUT2D eigenvalue weighted by Gasteiger charge is -2.13. The van der Waals surface area contributed by atoms with Crippen LogP contribution < -0.4 is 4.80 Å². The third kappa shape index (κ3) is 3.44. The Bertz CT molecular complexity index is 716. The fourth-order valence-corrected chi connectivity index (χ4v) is 4.58. The molecule has 0 radical (unpaired) electrons. The topological polar surface area (TPSA) is 80.9 Å². The van der Waals surface area contributed by atoms with Crippen LogP contribution in [0.1, 0.15) is 52.7 Å². The zero-order valence-electron chi connectivity index (χ0n) is 15.8. The van der Waals surface area contributed by atoms with Crippen molar-refractivity contribution in [2.24, 2.45) is 21.7 Å². The van der Waals surface area contributed by atoms with E-state index >= 15 is 0 Å². The number of thiazole rings is 1. The molecular weight excluding hydrogens is 340 g/mol. The Morgan fingerprint density at radius 2 is 1.96 bits per heavy atom. The summed E-state index contributed by atoms with van der Waals surface area (Å²) in [4.78, 5) is 29.1. The largest absolute Gasteiger partial charge is 0.481 e. The van der Waals surface area contributed by atoms with Gasteiger partial charge in [0.15, 0.2) is 4.80 Å². The zero-order valence-corrected chi connectivity index (χ0v) is 16.6. The van der Waals surface area contributed by atoms with E-state index in [2.05, 4.69) is 32.7 Å². The number of amides is 1. The van der Waals surface area contributed by atoms with Gasteiger partial charge in [-0.3, -0.25) is 9.59 Å². The van der Waals surface area contributed by atoms with Crippen molar-refractivity contribution >= 4 is 23.2 Å². The molecule has 0 aromatic carbocycles. The van der Waals surface area contributed by atoms with Crippen LogP contribution in [-0.4, -0.2) is 35.3 Å². The van der Waals surface area contributed by atoms with Crippen molar-refractivity contribution in [1.29, 1.82) is 0 Å². The van der Waals surface area contributed by atoms with Crippen LogP contribution in [0, 0.1) is 16.7 Å². The maximum absolute atomic E-state index is 12.7. The van der Waals surface area contributed by atoms with Gasteiger partial charge in [0, 0.05) is 24.7 Å². The molecule has 7 heteroatoms. The number of nitrogens with zero attached hydrogens (tertiary/aromatic N) is 2. The molecule has 0 aliphatic heterocycles. The van der Waals surface area contributed by atoms with Crippen LogP contribution >= 0.6 is 11.3 Å². The number of ether oxygens (including phenoxy) is 1. The predicted octanol–water partition coefficient (Wildman–Crippen LogP) is 2.88. The van der Waals surface area contributed by atoms with E-state index in [0.717, 1.165) is 0 Å². The number of carbonyl (C=O) groups excluding carboxylic acids is 1. The highest BCUT2D eigenvalue weighted by molar-refractivity contribution is 7.07. The predicted molar refractivity (Wildman–Crippen MR) is 96.5 cm³/mol. The van der Waals surface area contributed by atoms with Gasteiger partial charge in [0.25, 0.3) is 5.91 Å². The highest BCUT2D eigenvalue weighted by Gasteiger charge is 2.68. The second-order valence-corrected chi connectivity index (χ2v) is 8.55. The molecule has 1 amide bonds. The van der Waals surface area contributed by atoms with E-state index < -0.39 is 11.9 Å². The Morgan fingerprint density at radius 3 is 2.40 bits per heavy atom. The van der Waals surface area contributed by atoms with E-state index in [1.165, 1.54) is 11.3 Å². The Balaban J connectivity index is 2.42. The average Bonchev–Trinajstić information content (AvgIpc) is 2.78. The maximum atomic E-state index is 12.7. The molecule has 1 aromatic heterocycles. The monoisotopic (exact) mass is 368 g/mol. The normalized spacial score (nSPS) is 20.5. The summed E-state index contributed by atoms with van der Waals surface area (Å²) in [5.41, 5.74) is 0.536. The summed E-state index contributed by atoms with van der Waals surface area (Å²) >= 11 is 1.32. The van der Waals surface area contributed by atoms with Crippen LogP contribution in [0.25, 0.3) is 0 Å². The molecule has 1 unspecified atom stereocenters. The Kier molecular flexibility index (Phi) is 5.59. The molecule has 2 rings (SSSR count). The lowest BCUT2D eigenvalue weighted by Crippen LogP contribution is -2.25. The molecule has 1 saturated carbocycles. The van der Waals surface area contributed by atoms with Crippen LogP contribution in [0.4, 0.5) is 0 Å². The summed E-state index contributed by atoms with van der Waals surface area (Å²) in [6.45, 7) is 11.1. The lowest BCUT2D eigenvalue weighted by molar-refractivity contribution is -0.139. The number of hydrogen-bond acceptors (Lipinski definition) is 4. The van der Waals surface area contributed by atoms with Crippen LogP contribution in [0.2, 0.25) is 0 Å². The van der Waals surface area contributed by atoms with E-state index in [0.29, 0.717) is 30.1 Å². The number of methoxy groups -OCH3 is 1. The minimum Gasteiger partial charge on any atom is -0.481 e. The van der Waals surface area contributed by atoms with Crippen molar-refractivity contribution in [3.05, 3.63) is 15.9 Å². The highest BCUT2D eigenvalue weighted by Crippen LogP contribution is 2.68. The fraction of sp³-hybridized carbons (Fsp3) is 0.722. The summed E-state index contributed by atoms with van der Waals surface area (Å²) in [5, 5.41) is 11.3. The van der Waals surface area contributed by atoms with Gasteiger partial charge in [-0.15, -0.1) is 11.3 Å². The molecule has 0 spiro atoms. The van der Waals surface area contributed by atoms with Crippen molar-refractivity contribution in [2.45, 2.75) is 53.5 Å². The highest BCUT2D eigenvalue weighted by atomic mass is 32.1. The van der Waals surface area contributed by atoms with E-state index in [4.69, 9.17) is 4.74 Å². The first-order valence-corrected chi connectivity index (χ1v) is 9.46. The molecule has 1 aromatic rings. The van der Waals surface area contributed by atoms with Gasteiger partial charge in [0.05, 0.1) is 18.4 Å². The number of carboxylic acids is 1. The van der Waals surface area contributed by atoms with Gasteiger partial charge in [0.2, 0.25) is 0 Å². The number of carbonyl (C=O) groups is 2. The molecular formula is C18H28N2O4S. The van der Waals surface area contributed by atoms with Crippen molar-refractivity contribution in [1.82, 2.24) is 4.57 Å². The first-order valence-electron chi connectivity index (χ1n) is 8.58. The van der Waals surface area contributed by atoms with Crippen LogP contribution in [-0.2, 0) is 20.9 Å². The molecule has 1 heterocycles. The minimum atomic E-state index is -0.867. The molecule has 1 atom stereocenters. The lowest BCUT2D eigenvalue weighted by atomic mass is 10.0. The molecule has 1 aliphatic rings. The molecule has 6 nitrogen and oxygen atoms in total. The minimum absolute atomic E-state index is 0.0714. The number of carboxylic acid groups (broad SMARTS) is 1. The Labute approximate surface area is 152 Å². The third-order valence-electron chi connectivity index (χ3n) is 5.88. The standard InChI is InChI=1S/C18H28N2O4S/c1-7-11(15(22)23)12-10-25-16(20(12)8-9-24-6)19-14(21)13-17(2,3)18(13,4)5/h10-11,13H,7-9H2,1-6H3,(H,22,23)/b19-16-. The fourth-order valence-electron chi connectivity index (χ4n) is 3.60. The second-order valence-electron chi connectivity index (χ2n) is 7.71. The first-order chi connectivity index (χ1) is 11.6. The van der Waals surface area contributed by atoms with E-state index in [1.54, 1.807) is 12.5 Å². The summed E-state index contributed by atoms with van der Waals surface area (Å²) in [6.07, 6.45) is 0.481. The summed E-state index contributed by atoms with van der Waals surface area (Å²) in [6, 6.07) is 0. The molecule has 0 saturated heterocycles. The smallest absolute Gasteiger partial charge is 0.312 e. The van der Waals surface area contributed by atoms with Crippen molar-refractivity contribution in [2.75, 3.05) is 13.7 Å². The van der Waals surface area contributed by atoms with Crippen LogP contribution in [0.15, 0.2) is 10.4 Å². The maximum Gasteiger partial charge on any atom is 0.312 e. The SMILES string of the molecule is CCC(C(=O)O)c1cs/c(=N\C(=O)C2C(C)(C)C2(C)C)n1CCOC. The molecule has 1 N–H and O–H groups in total. The summed E-state index contributed by atoms with van der Waals surface area (Å²) < 4.78 is 6.96. The van der Waals surface area contributed by atoms with Crippen molar-refractivity contribution in [3.8, 4) is 0 Å². The van der Waals surface area contributed by atoms with E-state index in [-0.39, 0.29) is 22.7 Å². The van der Waals surface area contributed by atoms with Gasteiger partial charge < -0.3 is 14.4 Å². The van der Waals surface area contributed by atoms with Gasteiger partial charge >= 0.3 is 5.97 Å². The molecule has 0 bridgehead atoms. The number of hydrogen-bond donors (Lipinski definition) is 1. The molecule has 1 fully saturated rings. The number of rotatable bonds is 7. The molecule has 1 aliphatic carbocycles. The molecule has 25 heavy (non-hydrogen) atoms. The van der Waals surface area contributed by atoms with Crippen LogP contribution in [0.3, 0.4) is 0 Å². The summed E-state index contributed by atoms with van der Waals surface area (Å²) in [7, 11) is 1.60. The second kappa shape index (κ2) is 7.03. The first kappa shape index (κ1) is 19.8. The van der Waals surface area contributed by atoms with Crippen molar-refractivity contribution < 1.29 is 19.4 Å². The van der Waals surface area contributed by atoms with Gasteiger partial charge in [-0.25, -0.2) is 0 Å². The summed E-state index contributed by atoms with van der Waals surface area (Å²) in [5.74, 6) is -1.71. The Hall–Kier alpha value is -1.47. The van der Waals surface area contributed by atoms with Crippen LogP contribution in [0.5, 0.6) is 0 Å². The zero-order chi connectivity index (χ0) is 19.0. The quantitative estimate of drug-likeness (QED) is 0.802. The van der Waals surface area contributed by atoms with Gasteiger partial charge in [-0.2, -0.15) is 4.99 Å². The van der Waals surface area contributed by atoms with E-state index in [9.17, 15) is 14.7 Å². The van der Waals surface area contributed by atoms with Gasteiger partial charge in [-0.1, -0.05) is 34.6 Å². The van der Waals surface area contributed by atoms with Gasteiger partial charge in [0.1, 0.15) is 0 Å². The molecule has 140 valence electrons. The number of aromatic nitrogens is 1. The van der Waals surface area contributed by atoms with Crippen molar-refractivity contribution in [3.63, 3.8) is 0 Å². The van der Waals surface area contributed by atoms with Gasteiger partial charge in [-0.05, 0) is 17.3 Å².